The van der Waals surface area contributed by atoms with Crippen LogP contribution in [-0.2, 0) is 11.3 Å². The maximum Gasteiger partial charge on any atom is 0.290 e. The summed E-state index contributed by atoms with van der Waals surface area (Å²) in [5.41, 5.74) is 1.43. The minimum Gasteiger partial charge on any atom is -0.460 e. The van der Waals surface area contributed by atoms with E-state index in [2.05, 4.69) is 25.5 Å². The zero-order valence-corrected chi connectivity index (χ0v) is 21.5. The lowest BCUT2D eigenvalue weighted by molar-refractivity contribution is -0.115. The molecule has 4 heterocycles. The number of benzene rings is 1. The van der Waals surface area contributed by atoms with Crippen LogP contribution in [0.3, 0.4) is 0 Å². The molecule has 2 aromatic heterocycles. The Morgan fingerprint density at radius 3 is 2.75 bits per heavy atom. The van der Waals surface area contributed by atoms with E-state index in [-0.39, 0.29) is 5.24 Å². The van der Waals surface area contributed by atoms with E-state index >= 15 is 0 Å². The van der Waals surface area contributed by atoms with E-state index in [1.165, 1.54) is 0 Å². The Hall–Kier alpha value is -2.85. The summed E-state index contributed by atoms with van der Waals surface area (Å²) >= 11 is 13.1. The summed E-state index contributed by atoms with van der Waals surface area (Å²) in [5.74, 6) is 2.35. The van der Waals surface area contributed by atoms with Crippen LogP contribution in [-0.4, -0.2) is 40.7 Å². The van der Waals surface area contributed by atoms with Gasteiger partial charge in [0.2, 0.25) is 5.95 Å². The molecule has 1 aromatic carbocycles. The number of carbonyl (C=O) groups excluding carboxylic acids is 2. The minimum absolute atomic E-state index is 0.342. The standard InChI is InChI=1S/C25H23Cl2N5O3S/c26-16-1-3-19(20(27)11-16)21-4-2-18(35-21)14-28-13-15-6-9-32(10-7-15)24-29-8-5-17(30-24)12-22-23(33)31-25(34)36-22/h1-5,8,11-12,15,28H,6-7,9-10,13-14H2,(H,31,33,34)/b22-12-. The number of thioether (sulfide) groups is 1. The van der Waals surface area contributed by atoms with Crippen molar-refractivity contribution in [1.82, 2.24) is 20.6 Å². The molecule has 2 amide bonds. The molecule has 8 nitrogen and oxygen atoms in total. The van der Waals surface area contributed by atoms with Gasteiger partial charge >= 0.3 is 0 Å². The van der Waals surface area contributed by atoms with Crippen molar-refractivity contribution in [3.63, 3.8) is 0 Å². The second kappa shape index (κ2) is 11.0. The third-order valence-electron chi connectivity index (χ3n) is 6.07. The van der Waals surface area contributed by atoms with Crippen molar-refractivity contribution < 1.29 is 14.0 Å². The highest BCUT2D eigenvalue weighted by Gasteiger charge is 2.26. The third-order valence-corrected chi connectivity index (χ3v) is 7.43. The van der Waals surface area contributed by atoms with Crippen molar-refractivity contribution >= 4 is 58.1 Å². The first kappa shape index (κ1) is 24.8. The molecule has 0 unspecified atom stereocenters. The largest absolute Gasteiger partial charge is 0.460 e. The number of anilines is 1. The number of imide groups is 1. The molecule has 0 atom stereocenters. The summed E-state index contributed by atoms with van der Waals surface area (Å²) in [4.78, 5) is 34.6. The second-order valence-electron chi connectivity index (χ2n) is 8.59. The number of rotatable bonds is 7. The lowest BCUT2D eigenvalue weighted by Gasteiger charge is -2.32. The van der Waals surface area contributed by atoms with E-state index in [4.69, 9.17) is 27.6 Å². The first-order valence-electron chi connectivity index (χ1n) is 11.5. The fourth-order valence-electron chi connectivity index (χ4n) is 4.19. The smallest absolute Gasteiger partial charge is 0.290 e. The number of hydrogen-bond donors (Lipinski definition) is 2. The van der Waals surface area contributed by atoms with Gasteiger partial charge in [-0.15, -0.1) is 0 Å². The molecule has 2 aliphatic rings. The van der Waals surface area contributed by atoms with Gasteiger partial charge in [-0.3, -0.25) is 14.9 Å². The molecule has 0 bridgehead atoms. The van der Waals surface area contributed by atoms with Gasteiger partial charge in [-0.1, -0.05) is 23.2 Å². The molecule has 2 fully saturated rings. The molecule has 2 aliphatic heterocycles. The topological polar surface area (TPSA) is 100 Å². The number of aromatic nitrogens is 2. The Morgan fingerprint density at radius 2 is 2.00 bits per heavy atom. The van der Waals surface area contributed by atoms with Crippen molar-refractivity contribution in [2.75, 3.05) is 24.5 Å². The fourth-order valence-corrected chi connectivity index (χ4v) is 5.36. The minimum atomic E-state index is -0.391. The number of hydrogen-bond acceptors (Lipinski definition) is 8. The molecule has 0 saturated carbocycles. The molecule has 2 saturated heterocycles. The predicted octanol–water partition coefficient (Wildman–Crippen LogP) is 5.37. The van der Waals surface area contributed by atoms with Crippen LogP contribution in [0.25, 0.3) is 17.4 Å². The van der Waals surface area contributed by atoms with Gasteiger partial charge in [0.15, 0.2) is 0 Å². The Labute approximate surface area is 222 Å². The van der Waals surface area contributed by atoms with Gasteiger partial charge in [0.25, 0.3) is 11.1 Å². The molecule has 2 N–H and O–H groups in total. The molecule has 36 heavy (non-hydrogen) atoms. The van der Waals surface area contributed by atoms with E-state index in [1.807, 2.05) is 18.2 Å². The SMILES string of the molecule is O=C1NC(=O)/C(=C/c2ccnc(N3CCC(CNCc4ccc(-c5ccc(Cl)cc5Cl)o4)CC3)n2)S1. The van der Waals surface area contributed by atoms with Gasteiger partial charge in [0, 0.05) is 29.9 Å². The fraction of sp³-hybridized carbons (Fsp3) is 0.280. The van der Waals surface area contributed by atoms with E-state index in [9.17, 15) is 9.59 Å². The van der Waals surface area contributed by atoms with Crippen molar-refractivity contribution in [1.29, 1.82) is 0 Å². The van der Waals surface area contributed by atoms with Crippen molar-refractivity contribution in [3.05, 3.63) is 69.0 Å². The van der Waals surface area contributed by atoms with Crippen LogP contribution in [0, 0.1) is 5.92 Å². The first-order valence-corrected chi connectivity index (χ1v) is 13.1. The lowest BCUT2D eigenvalue weighted by Crippen LogP contribution is -2.38. The van der Waals surface area contributed by atoms with E-state index in [1.54, 1.807) is 30.5 Å². The molecule has 0 radical (unpaired) electrons. The Bertz CT molecular complexity index is 1320. The van der Waals surface area contributed by atoms with Crippen molar-refractivity contribution in [2.24, 2.45) is 5.92 Å². The molecular weight excluding hydrogens is 521 g/mol. The third kappa shape index (κ3) is 5.92. The lowest BCUT2D eigenvalue weighted by atomic mass is 9.97. The Kier molecular flexibility index (Phi) is 7.62. The summed E-state index contributed by atoms with van der Waals surface area (Å²) in [7, 11) is 0. The van der Waals surface area contributed by atoms with Crippen molar-refractivity contribution in [2.45, 2.75) is 19.4 Å². The quantitative estimate of drug-likeness (QED) is 0.383. The normalized spacial score (nSPS) is 17.7. The van der Waals surface area contributed by atoms with Crippen LogP contribution >= 0.6 is 35.0 Å². The number of piperidine rings is 1. The average Bonchev–Trinajstić information content (AvgIpc) is 3.45. The monoisotopic (exact) mass is 543 g/mol. The average molecular weight is 544 g/mol. The highest BCUT2D eigenvalue weighted by Crippen LogP contribution is 2.31. The summed E-state index contributed by atoms with van der Waals surface area (Å²) in [6, 6.07) is 11.0. The molecule has 186 valence electrons. The zero-order valence-electron chi connectivity index (χ0n) is 19.2. The molecule has 11 heteroatoms. The van der Waals surface area contributed by atoms with E-state index in [0.29, 0.717) is 39.1 Å². The van der Waals surface area contributed by atoms with Crippen LogP contribution < -0.4 is 15.5 Å². The maximum absolute atomic E-state index is 11.8. The van der Waals surface area contributed by atoms with Crippen LogP contribution in [0.5, 0.6) is 0 Å². The van der Waals surface area contributed by atoms with E-state index in [0.717, 1.165) is 61.3 Å². The summed E-state index contributed by atoms with van der Waals surface area (Å²) in [6.07, 6.45) is 5.32. The number of amides is 2. The maximum atomic E-state index is 11.8. The predicted molar refractivity (Wildman–Crippen MR) is 142 cm³/mol. The summed E-state index contributed by atoms with van der Waals surface area (Å²) in [6.45, 7) is 3.22. The second-order valence-corrected chi connectivity index (χ2v) is 10.4. The van der Waals surface area contributed by atoms with Crippen LogP contribution in [0.1, 0.15) is 24.3 Å². The van der Waals surface area contributed by atoms with Gasteiger partial charge in [0.1, 0.15) is 11.5 Å². The first-order chi connectivity index (χ1) is 17.4. The van der Waals surface area contributed by atoms with E-state index < -0.39 is 5.91 Å². The number of nitrogens with zero attached hydrogens (tertiary/aromatic N) is 3. The van der Waals surface area contributed by atoms with Crippen LogP contribution in [0.4, 0.5) is 10.7 Å². The van der Waals surface area contributed by atoms with Gasteiger partial charge < -0.3 is 14.6 Å². The van der Waals surface area contributed by atoms with Gasteiger partial charge in [-0.2, -0.15) is 0 Å². The zero-order chi connectivity index (χ0) is 25.1. The van der Waals surface area contributed by atoms with Crippen LogP contribution in [0.15, 0.2) is 51.9 Å². The molecule has 3 aromatic rings. The highest BCUT2D eigenvalue weighted by atomic mass is 35.5. The Balaban J connectivity index is 1.10. The molecule has 0 aliphatic carbocycles. The molecular formula is C25H23Cl2N5O3S. The van der Waals surface area contributed by atoms with Crippen LogP contribution in [0.2, 0.25) is 10.0 Å². The van der Waals surface area contributed by atoms with Gasteiger partial charge in [-0.05, 0) is 79.5 Å². The number of halogens is 2. The number of nitrogens with one attached hydrogen (secondary N) is 2. The highest BCUT2D eigenvalue weighted by molar-refractivity contribution is 8.18. The number of furan rings is 1. The van der Waals surface area contributed by atoms with Gasteiger partial charge in [-0.25, -0.2) is 9.97 Å². The summed E-state index contributed by atoms with van der Waals surface area (Å²) in [5, 5.41) is 6.54. The summed E-state index contributed by atoms with van der Waals surface area (Å²) < 4.78 is 5.96. The van der Waals surface area contributed by atoms with Gasteiger partial charge in [0.05, 0.1) is 22.2 Å². The molecule has 0 spiro atoms. The Morgan fingerprint density at radius 1 is 1.17 bits per heavy atom. The number of carbonyl (C=O) groups is 2. The molecule has 5 rings (SSSR count). The van der Waals surface area contributed by atoms with Crippen molar-refractivity contribution in [3.8, 4) is 11.3 Å².